The van der Waals surface area contributed by atoms with Crippen molar-refractivity contribution < 1.29 is 8.42 Å². The van der Waals surface area contributed by atoms with E-state index in [2.05, 4.69) is 24.5 Å². The van der Waals surface area contributed by atoms with Gasteiger partial charge in [-0.05, 0) is 30.0 Å². The molecule has 1 aliphatic heterocycles. The van der Waals surface area contributed by atoms with Crippen LogP contribution in [0.25, 0.3) is 0 Å². The van der Waals surface area contributed by atoms with Crippen molar-refractivity contribution in [1.29, 1.82) is 0 Å². The summed E-state index contributed by atoms with van der Waals surface area (Å²) in [6.45, 7) is 7.46. The highest BCUT2D eigenvalue weighted by Gasteiger charge is 2.32. The minimum absolute atomic E-state index is 0.106. The highest BCUT2D eigenvalue weighted by atomic mass is 35.5. The van der Waals surface area contributed by atoms with Crippen LogP contribution in [0, 0.1) is 0 Å². The van der Waals surface area contributed by atoms with Crippen LogP contribution in [0.5, 0.6) is 0 Å². The van der Waals surface area contributed by atoms with Crippen molar-refractivity contribution in [1.82, 2.24) is 4.90 Å². The number of sulfone groups is 1. The van der Waals surface area contributed by atoms with Gasteiger partial charge in [-0.25, -0.2) is 8.42 Å². The zero-order chi connectivity index (χ0) is 15.5. The molecule has 1 heterocycles. The molecule has 1 aromatic carbocycles. The molecule has 1 aliphatic rings. The van der Waals surface area contributed by atoms with Crippen LogP contribution < -0.4 is 0 Å². The Morgan fingerprint density at radius 1 is 1.52 bits per heavy atom. The van der Waals surface area contributed by atoms with Crippen molar-refractivity contribution in [3.05, 3.63) is 47.5 Å². The molecule has 1 saturated heterocycles. The van der Waals surface area contributed by atoms with Gasteiger partial charge < -0.3 is 0 Å². The molecule has 116 valence electrons. The lowest BCUT2D eigenvalue weighted by atomic mass is 10.00. The summed E-state index contributed by atoms with van der Waals surface area (Å²) in [6.07, 6.45) is 2.56. The third-order valence-corrected chi connectivity index (χ3v) is 6.00. The molecule has 0 bridgehead atoms. The zero-order valence-electron chi connectivity index (χ0n) is 12.3. The monoisotopic (exact) mass is 327 g/mol. The highest BCUT2D eigenvalue weighted by molar-refractivity contribution is 7.91. The van der Waals surface area contributed by atoms with Crippen LogP contribution in [0.1, 0.15) is 24.8 Å². The van der Waals surface area contributed by atoms with E-state index >= 15 is 0 Å². The van der Waals surface area contributed by atoms with Crippen LogP contribution >= 0.6 is 11.6 Å². The fraction of sp³-hybridized carbons (Fsp3) is 0.500. The van der Waals surface area contributed by atoms with Crippen molar-refractivity contribution in [3.8, 4) is 0 Å². The molecular weight excluding hydrogens is 306 g/mol. The highest BCUT2D eigenvalue weighted by Crippen LogP contribution is 2.24. The normalized spacial score (nSPS) is 22.3. The SMILES string of the molecule is C=CCN(CC(C)c1cccc(Cl)c1)C1CCS(=O)(=O)C1. The van der Waals surface area contributed by atoms with Crippen molar-refractivity contribution in [2.45, 2.75) is 25.3 Å². The fourth-order valence-corrected chi connectivity index (χ4v) is 4.83. The molecule has 0 aliphatic carbocycles. The number of rotatable bonds is 6. The van der Waals surface area contributed by atoms with E-state index in [1.54, 1.807) is 0 Å². The quantitative estimate of drug-likeness (QED) is 0.753. The van der Waals surface area contributed by atoms with Gasteiger partial charge in [0.15, 0.2) is 9.84 Å². The Labute approximate surface area is 132 Å². The summed E-state index contributed by atoms with van der Waals surface area (Å²) < 4.78 is 23.4. The second-order valence-electron chi connectivity index (χ2n) is 5.76. The van der Waals surface area contributed by atoms with Gasteiger partial charge in [-0.2, -0.15) is 0 Å². The van der Waals surface area contributed by atoms with E-state index in [4.69, 9.17) is 11.6 Å². The molecule has 0 spiro atoms. The predicted octanol–water partition coefficient (Wildman–Crippen LogP) is 3.12. The molecule has 0 amide bonds. The van der Waals surface area contributed by atoms with Gasteiger partial charge in [0.2, 0.25) is 0 Å². The Hall–Kier alpha value is -0.840. The first kappa shape index (κ1) is 16.5. The first-order valence-corrected chi connectivity index (χ1v) is 9.42. The van der Waals surface area contributed by atoms with Crippen molar-refractivity contribution in [3.63, 3.8) is 0 Å². The number of hydrogen-bond donors (Lipinski definition) is 0. The third-order valence-electron chi connectivity index (χ3n) is 4.01. The average molecular weight is 328 g/mol. The van der Waals surface area contributed by atoms with E-state index in [0.29, 0.717) is 18.2 Å². The minimum Gasteiger partial charge on any atom is -0.295 e. The molecule has 0 N–H and O–H groups in total. The number of halogens is 1. The Morgan fingerprint density at radius 2 is 2.29 bits per heavy atom. The number of hydrogen-bond acceptors (Lipinski definition) is 3. The van der Waals surface area contributed by atoms with Crippen LogP contribution in [0.3, 0.4) is 0 Å². The largest absolute Gasteiger partial charge is 0.295 e. The Morgan fingerprint density at radius 3 is 2.86 bits per heavy atom. The van der Waals surface area contributed by atoms with Crippen LogP contribution in [-0.2, 0) is 9.84 Å². The number of benzene rings is 1. The molecule has 0 radical (unpaired) electrons. The standard InChI is InChI=1S/C16H22ClNO2S/c1-3-8-18(16-7-9-21(19,20)12-16)11-13(2)14-5-4-6-15(17)10-14/h3-6,10,13,16H,1,7-9,11-12H2,2H3. The van der Waals surface area contributed by atoms with Gasteiger partial charge in [0.25, 0.3) is 0 Å². The van der Waals surface area contributed by atoms with Gasteiger partial charge in [0.05, 0.1) is 11.5 Å². The Bertz CT molecular complexity index is 600. The predicted molar refractivity (Wildman–Crippen MR) is 88.7 cm³/mol. The van der Waals surface area contributed by atoms with Crippen molar-refractivity contribution in [2.24, 2.45) is 0 Å². The summed E-state index contributed by atoms with van der Waals surface area (Å²) in [7, 11) is -2.86. The van der Waals surface area contributed by atoms with E-state index in [9.17, 15) is 8.42 Å². The maximum atomic E-state index is 11.7. The van der Waals surface area contributed by atoms with Gasteiger partial charge in [0.1, 0.15) is 0 Å². The lowest BCUT2D eigenvalue weighted by molar-refractivity contribution is 0.224. The first-order chi connectivity index (χ1) is 9.91. The molecule has 2 atom stereocenters. The summed E-state index contributed by atoms with van der Waals surface area (Å²) in [5, 5.41) is 0.734. The van der Waals surface area contributed by atoms with Crippen molar-refractivity contribution in [2.75, 3.05) is 24.6 Å². The van der Waals surface area contributed by atoms with Crippen molar-refractivity contribution >= 4 is 21.4 Å². The molecule has 2 unspecified atom stereocenters. The van der Waals surface area contributed by atoms with Crippen LogP contribution in [0.15, 0.2) is 36.9 Å². The summed E-state index contributed by atoms with van der Waals surface area (Å²) >= 11 is 6.04. The second kappa shape index (κ2) is 6.95. The molecule has 2 rings (SSSR count). The second-order valence-corrected chi connectivity index (χ2v) is 8.42. The molecule has 3 nitrogen and oxygen atoms in total. The summed E-state index contributed by atoms with van der Waals surface area (Å²) in [4.78, 5) is 2.23. The molecule has 0 saturated carbocycles. The maximum absolute atomic E-state index is 11.7. The summed E-state index contributed by atoms with van der Waals surface area (Å²) in [5.74, 6) is 0.868. The molecule has 21 heavy (non-hydrogen) atoms. The van der Waals surface area contributed by atoms with Gasteiger partial charge in [0, 0.05) is 24.2 Å². The lowest BCUT2D eigenvalue weighted by Gasteiger charge is -2.29. The van der Waals surface area contributed by atoms with Crippen LogP contribution in [0.2, 0.25) is 5.02 Å². The smallest absolute Gasteiger partial charge is 0.151 e. The van der Waals surface area contributed by atoms with Gasteiger partial charge >= 0.3 is 0 Å². The summed E-state index contributed by atoms with van der Waals surface area (Å²) in [6, 6.07) is 7.96. The van der Waals surface area contributed by atoms with Gasteiger partial charge in [-0.1, -0.05) is 36.7 Å². The summed E-state index contributed by atoms with van der Waals surface area (Å²) in [5.41, 5.74) is 1.18. The van der Waals surface area contributed by atoms with Crippen LogP contribution in [0.4, 0.5) is 0 Å². The van der Waals surface area contributed by atoms with Gasteiger partial charge in [-0.3, -0.25) is 4.90 Å². The van der Waals surface area contributed by atoms with Crippen LogP contribution in [-0.4, -0.2) is 44.0 Å². The van der Waals surface area contributed by atoms with E-state index < -0.39 is 9.84 Å². The van der Waals surface area contributed by atoms with E-state index in [1.807, 2.05) is 24.3 Å². The Balaban J connectivity index is 2.07. The molecule has 5 heteroatoms. The van der Waals surface area contributed by atoms with Gasteiger partial charge in [-0.15, -0.1) is 6.58 Å². The average Bonchev–Trinajstić information content (AvgIpc) is 2.78. The number of nitrogens with zero attached hydrogens (tertiary/aromatic N) is 1. The zero-order valence-corrected chi connectivity index (χ0v) is 13.9. The van der Waals surface area contributed by atoms with E-state index in [0.717, 1.165) is 18.0 Å². The first-order valence-electron chi connectivity index (χ1n) is 7.22. The maximum Gasteiger partial charge on any atom is 0.151 e. The fourth-order valence-electron chi connectivity index (χ4n) is 2.87. The minimum atomic E-state index is -2.86. The Kier molecular flexibility index (Phi) is 5.47. The molecule has 1 fully saturated rings. The molecular formula is C16H22ClNO2S. The topological polar surface area (TPSA) is 37.4 Å². The molecule has 1 aromatic rings. The van der Waals surface area contributed by atoms with E-state index in [1.165, 1.54) is 5.56 Å². The lowest BCUT2D eigenvalue weighted by Crippen LogP contribution is -2.38. The third kappa shape index (κ3) is 4.56. The van der Waals surface area contributed by atoms with E-state index in [-0.39, 0.29) is 11.8 Å². The molecule has 0 aromatic heterocycles.